The number of thioether (sulfide) groups is 1. The summed E-state index contributed by atoms with van der Waals surface area (Å²) in [5.74, 6) is 0.487. The van der Waals surface area contributed by atoms with E-state index in [1.165, 1.54) is 11.8 Å². The molecule has 4 N–H and O–H groups in total. The van der Waals surface area contributed by atoms with E-state index in [0.29, 0.717) is 12.2 Å². The number of carboxylic acid groups (broad SMARTS) is 1. The van der Waals surface area contributed by atoms with Crippen molar-refractivity contribution in [2.45, 2.75) is 24.8 Å². The lowest BCUT2D eigenvalue weighted by molar-refractivity contribution is -0.143. The van der Waals surface area contributed by atoms with Gasteiger partial charge in [-0.2, -0.15) is 11.8 Å². The molecule has 0 spiro atoms. The van der Waals surface area contributed by atoms with Gasteiger partial charge in [-0.1, -0.05) is 0 Å². The summed E-state index contributed by atoms with van der Waals surface area (Å²) in [6.45, 7) is 0.154. The zero-order valence-electron chi connectivity index (χ0n) is 8.11. The summed E-state index contributed by atoms with van der Waals surface area (Å²) in [6.07, 6.45) is 2.57. The van der Waals surface area contributed by atoms with Crippen LogP contribution in [0.25, 0.3) is 0 Å². The average molecular weight is 219 g/mol. The lowest BCUT2D eigenvalue weighted by atomic mass is 9.98. The van der Waals surface area contributed by atoms with Gasteiger partial charge in [-0.05, 0) is 30.9 Å². The van der Waals surface area contributed by atoms with Crippen LogP contribution in [0, 0.1) is 5.92 Å². The number of nitrogens with two attached hydrogens (primary N) is 1. The van der Waals surface area contributed by atoms with E-state index in [9.17, 15) is 4.79 Å². The lowest BCUT2D eigenvalue weighted by Gasteiger charge is -2.23. The molecule has 4 nitrogen and oxygen atoms in total. The van der Waals surface area contributed by atoms with Gasteiger partial charge in [-0.15, -0.1) is 0 Å². The molecule has 0 radical (unpaired) electrons. The van der Waals surface area contributed by atoms with Crippen LogP contribution in [0.15, 0.2) is 0 Å². The van der Waals surface area contributed by atoms with Crippen molar-refractivity contribution in [2.75, 3.05) is 18.1 Å². The summed E-state index contributed by atoms with van der Waals surface area (Å²) < 4.78 is 0. The quantitative estimate of drug-likeness (QED) is 0.536. The Kier molecular flexibility index (Phi) is 4.22. The van der Waals surface area contributed by atoms with E-state index in [-0.39, 0.29) is 12.5 Å². The highest BCUT2D eigenvalue weighted by Crippen LogP contribution is 2.40. The van der Waals surface area contributed by atoms with E-state index in [1.807, 2.05) is 0 Å². The van der Waals surface area contributed by atoms with Gasteiger partial charge in [-0.3, -0.25) is 4.79 Å². The maximum absolute atomic E-state index is 11.0. The van der Waals surface area contributed by atoms with Gasteiger partial charge in [0.25, 0.3) is 0 Å². The normalized spacial score (nSPS) is 20.4. The molecule has 0 aliphatic heterocycles. The molecular formula is C9H17NO3S. The molecule has 0 aromatic carbocycles. The topological polar surface area (TPSA) is 83.5 Å². The smallest absolute Gasteiger partial charge is 0.324 e. The third-order valence-electron chi connectivity index (χ3n) is 2.49. The molecular weight excluding hydrogens is 202 g/mol. The van der Waals surface area contributed by atoms with Crippen molar-refractivity contribution < 1.29 is 15.0 Å². The number of hydrogen-bond donors (Lipinski definition) is 3. The van der Waals surface area contributed by atoms with Gasteiger partial charge in [0, 0.05) is 12.4 Å². The number of carboxylic acids is 1. The number of rotatable bonds is 7. The maximum atomic E-state index is 11.0. The molecule has 0 aromatic rings. The molecule has 1 aliphatic rings. The maximum Gasteiger partial charge on any atom is 0.324 e. The Morgan fingerprint density at radius 3 is 2.64 bits per heavy atom. The zero-order valence-corrected chi connectivity index (χ0v) is 8.92. The van der Waals surface area contributed by atoms with Crippen LogP contribution in [0.4, 0.5) is 0 Å². The van der Waals surface area contributed by atoms with Crippen LogP contribution >= 0.6 is 11.8 Å². The van der Waals surface area contributed by atoms with E-state index in [4.69, 9.17) is 15.9 Å². The van der Waals surface area contributed by atoms with Gasteiger partial charge in [0.15, 0.2) is 0 Å². The molecule has 1 fully saturated rings. The van der Waals surface area contributed by atoms with Gasteiger partial charge in [-0.25, -0.2) is 0 Å². The van der Waals surface area contributed by atoms with Crippen LogP contribution < -0.4 is 5.73 Å². The first kappa shape index (κ1) is 11.8. The van der Waals surface area contributed by atoms with Crippen LogP contribution in [-0.2, 0) is 4.79 Å². The van der Waals surface area contributed by atoms with Crippen LogP contribution in [0.1, 0.15) is 19.3 Å². The summed E-state index contributed by atoms with van der Waals surface area (Å²) in [6, 6.07) is 0. The molecule has 14 heavy (non-hydrogen) atoms. The highest BCUT2D eigenvalue weighted by atomic mass is 32.2. The van der Waals surface area contributed by atoms with Crippen molar-refractivity contribution in [3.8, 4) is 0 Å². The van der Waals surface area contributed by atoms with Crippen LogP contribution in [0.5, 0.6) is 0 Å². The van der Waals surface area contributed by atoms with Gasteiger partial charge >= 0.3 is 5.97 Å². The van der Waals surface area contributed by atoms with Crippen molar-refractivity contribution in [1.82, 2.24) is 0 Å². The first-order valence-electron chi connectivity index (χ1n) is 4.82. The van der Waals surface area contributed by atoms with Crippen LogP contribution in [0.2, 0.25) is 0 Å². The van der Waals surface area contributed by atoms with Crippen molar-refractivity contribution in [3.05, 3.63) is 0 Å². The highest BCUT2D eigenvalue weighted by Gasteiger charge is 2.47. The molecule has 0 bridgehead atoms. The van der Waals surface area contributed by atoms with Crippen molar-refractivity contribution in [3.63, 3.8) is 0 Å². The third-order valence-corrected chi connectivity index (χ3v) is 3.75. The van der Waals surface area contributed by atoms with Crippen molar-refractivity contribution >= 4 is 17.7 Å². The third kappa shape index (κ3) is 2.87. The summed E-state index contributed by atoms with van der Waals surface area (Å²) >= 11 is 1.52. The van der Waals surface area contributed by atoms with Crippen LogP contribution in [-0.4, -0.2) is 39.8 Å². The minimum Gasteiger partial charge on any atom is -0.480 e. The lowest BCUT2D eigenvalue weighted by Crippen LogP contribution is -2.52. The highest BCUT2D eigenvalue weighted by molar-refractivity contribution is 7.99. The Morgan fingerprint density at radius 2 is 2.21 bits per heavy atom. The summed E-state index contributed by atoms with van der Waals surface area (Å²) in [5.41, 5.74) is 4.80. The number of aliphatic carboxylic acids is 1. The predicted molar refractivity (Wildman–Crippen MR) is 56.3 cm³/mol. The van der Waals surface area contributed by atoms with E-state index in [1.54, 1.807) is 0 Å². The van der Waals surface area contributed by atoms with Gasteiger partial charge in [0.05, 0.1) is 0 Å². The Bertz CT molecular complexity index is 208. The van der Waals surface area contributed by atoms with Crippen molar-refractivity contribution in [2.24, 2.45) is 11.7 Å². The fourth-order valence-corrected chi connectivity index (χ4v) is 2.53. The SMILES string of the molecule is NC(CSCCCO)(C(=O)O)C1CC1. The van der Waals surface area contributed by atoms with Crippen molar-refractivity contribution in [1.29, 1.82) is 0 Å². The second-order valence-electron chi connectivity index (χ2n) is 3.75. The average Bonchev–Trinajstić information content (AvgIpc) is 2.95. The molecule has 1 saturated carbocycles. The second kappa shape index (κ2) is 5.00. The first-order valence-corrected chi connectivity index (χ1v) is 5.97. The molecule has 0 amide bonds. The Morgan fingerprint density at radius 1 is 1.57 bits per heavy atom. The Hall–Kier alpha value is -0.260. The van der Waals surface area contributed by atoms with E-state index in [0.717, 1.165) is 18.6 Å². The second-order valence-corrected chi connectivity index (χ2v) is 4.85. The molecule has 1 aliphatic carbocycles. The molecule has 0 heterocycles. The Labute approximate surface area is 87.9 Å². The summed E-state index contributed by atoms with van der Waals surface area (Å²) in [4.78, 5) is 11.0. The van der Waals surface area contributed by atoms with Gasteiger partial charge < -0.3 is 15.9 Å². The van der Waals surface area contributed by atoms with Crippen LogP contribution in [0.3, 0.4) is 0 Å². The molecule has 1 rings (SSSR count). The largest absolute Gasteiger partial charge is 0.480 e. The first-order chi connectivity index (χ1) is 6.61. The minimum atomic E-state index is -1.04. The standard InChI is InChI=1S/C9H17NO3S/c10-9(8(12)13,7-2-3-7)6-14-5-1-4-11/h7,11H,1-6,10H2,(H,12,13). The molecule has 0 aromatic heterocycles. The number of aliphatic hydroxyl groups excluding tert-OH is 1. The molecule has 1 atom stereocenters. The number of hydrogen-bond acceptors (Lipinski definition) is 4. The summed E-state index contributed by atoms with van der Waals surface area (Å²) in [7, 11) is 0. The van der Waals surface area contributed by atoms with E-state index < -0.39 is 11.5 Å². The predicted octanol–water partition coefficient (Wildman–Crippen LogP) is 0.294. The fourth-order valence-electron chi connectivity index (χ4n) is 1.36. The Balaban J connectivity index is 2.32. The number of carbonyl (C=O) groups is 1. The van der Waals surface area contributed by atoms with Gasteiger partial charge in [0.2, 0.25) is 0 Å². The van der Waals surface area contributed by atoms with E-state index in [2.05, 4.69) is 0 Å². The van der Waals surface area contributed by atoms with Gasteiger partial charge in [0.1, 0.15) is 5.54 Å². The molecule has 0 saturated heterocycles. The monoisotopic (exact) mass is 219 g/mol. The fraction of sp³-hybridized carbons (Fsp3) is 0.889. The molecule has 1 unspecified atom stereocenters. The zero-order chi connectivity index (χ0) is 10.6. The minimum absolute atomic E-state index is 0.154. The molecule has 82 valence electrons. The summed E-state index contributed by atoms with van der Waals surface area (Å²) in [5, 5.41) is 17.6. The number of aliphatic hydroxyl groups is 1. The van der Waals surface area contributed by atoms with E-state index >= 15 is 0 Å². The molecule has 5 heteroatoms.